The van der Waals surface area contributed by atoms with E-state index in [1.54, 1.807) is 43.3 Å². The van der Waals surface area contributed by atoms with Crippen molar-refractivity contribution < 1.29 is 13.5 Å². The average molecular weight is 326 g/mol. The van der Waals surface area contributed by atoms with E-state index in [-0.39, 0.29) is 18.0 Å². The predicted octanol–water partition coefficient (Wildman–Crippen LogP) is 2.62. The van der Waals surface area contributed by atoms with Crippen LogP contribution in [-0.4, -0.2) is 13.5 Å². The first kappa shape index (κ1) is 16.0. The highest BCUT2D eigenvalue weighted by Crippen LogP contribution is 2.20. The number of halogens is 1. The van der Waals surface area contributed by atoms with E-state index in [1.807, 2.05) is 0 Å². The molecule has 0 atom stereocenters. The van der Waals surface area contributed by atoms with Crippen molar-refractivity contribution in [1.82, 2.24) is 4.72 Å². The summed E-state index contributed by atoms with van der Waals surface area (Å²) in [4.78, 5) is 0.168. The van der Waals surface area contributed by atoms with Crippen LogP contribution in [0.25, 0.3) is 0 Å². The van der Waals surface area contributed by atoms with Gasteiger partial charge in [-0.3, -0.25) is 0 Å². The van der Waals surface area contributed by atoms with Crippen LogP contribution in [0.2, 0.25) is 5.02 Å². The summed E-state index contributed by atoms with van der Waals surface area (Å²) in [7, 11) is -3.66. The molecule has 2 rings (SSSR count). The van der Waals surface area contributed by atoms with Crippen LogP contribution in [0.1, 0.15) is 16.7 Å². The molecule has 2 aromatic rings. The normalized spacial score (nSPS) is 11.6. The minimum absolute atomic E-state index is 0.116. The number of aliphatic hydroxyl groups is 1. The van der Waals surface area contributed by atoms with Crippen molar-refractivity contribution in [3.8, 4) is 0 Å². The van der Waals surface area contributed by atoms with Crippen LogP contribution < -0.4 is 4.72 Å². The Hall–Kier alpha value is -1.40. The highest BCUT2D eigenvalue weighted by Gasteiger charge is 2.18. The molecule has 0 saturated heterocycles. The van der Waals surface area contributed by atoms with E-state index in [9.17, 15) is 13.5 Å². The fourth-order valence-electron chi connectivity index (χ4n) is 2.01. The van der Waals surface area contributed by atoms with Gasteiger partial charge in [0.2, 0.25) is 10.0 Å². The first-order valence-corrected chi connectivity index (χ1v) is 8.24. The maximum Gasteiger partial charge on any atom is 0.241 e. The molecule has 0 bridgehead atoms. The zero-order valence-electron chi connectivity index (χ0n) is 11.5. The van der Waals surface area contributed by atoms with Crippen LogP contribution >= 0.6 is 11.6 Å². The van der Waals surface area contributed by atoms with E-state index in [0.717, 1.165) is 0 Å². The number of hydrogen-bond acceptors (Lipinski definition) is 3. The van der Waals surface area contributed by atoms with Crippen LogP contribution in [0.3, 0.4) is 0 Å². The molecule has 2 aromatic carbocycles. The SMILES string of the molecule is Cc1c(CO)cccc1S(=O)(=O)NCc1ccccc1Cl. The van der Waals surface area contributed by atoms with Gasteiger partial charge in [-0.2, -0.15) is 0 Å². The second-order valence-corrected chi connectivity index (χ2v) is 6.76. The van der Waals surface area contributed by atoms with Crippen LogP contribution in [0.4, 0.5) is 0 Å². The highest BCUT2D eigenvalue weighted by molar-refractivity contribution is 7.89. The summed E-state index contributed by atoms with van der Waals surface area (Å²) >= 11 is 6.01. The zero-order chi connectivity index (χ0) is 15.5. The molecular formula is C15H16ClNO3S. The van der Waals surface area contributed by atoms with Crippen LogP contribution in [0, 0.1) is 6.92 Å². The lowest BCUT2D eigenvalue weighted by Gasteiger charge is -2.12. The van der Waals surface area contributed by atoms with E-state index in [2.05, 4.69) is 4.72 Å². The number of aliphatic hydroxyl groups excluding tert-OH is 1. The molecule has 0 heterocycles. The molecule has 0 saturated carbocycles. The summed E-state index contributed by atoms with van der Waals surface area (Å²) in [5.41, 5.74) is 1.85. The number of benzene rings is 2. The van der Waals surface area contributed by atoms with Gasteiger partial charge in [0.25, 0.3) is 0 Å². The molecular weight excluding hydrogens is 310 g/mol. The first-order valence-electron chi connectivity index (χ1n) is 6.38. The van der Waals surface area contributed by atoms with E-state index in [4.69, 9.17) is 11.6 Å². The Morgan fingerprint density at radius 1 is 1.10 bits per heavy atom. The van der Waals surface area contributed by atoms with Gasteiger partial charge in [-0.15, -0.1) is 0 Å². The molecule has 6 heteroatoms. The molecule has 0 radical (unpaired) electrons. The van der Waals surface area contributed by atoms with Gasteiger partial charge in [0.05, 0.1) is 11.5 Å². The summed E-state index contributed by atoms with van der Waals surface area (Å²) in [5.74, 6) is 0. The van der Waals surface area contributed by atoms with Gasteiger partial charge in [-0.1, -0.05) is 41.9 Å². The summed E-state index contributed by atoms with van der Waals surface area (Å²) in [6.45, 7) is 1.60. The number of hydrogen-bond donors (Lipinski definition) is 2. The summed E-state index contributed by atoms with van der Waals surface area (Å²) in [6, 6.07) is 11.9. The largest absolute Gasteiger partial charge is 0.392 e. The topological polar surface area (TPSA) is 66.4 Å². The molecule has 0 amide bonds. The smallest absolute Gasteiger partial charge is 0.241 e. The lowest BCUT2D eigenvalue weighted by molar-refractivity contribution is 0.280. The second-order valence-electron chi connectivity index (χ2n) is 4.61. The fraction of sp³-hybridized carbons (Fsp3) is 0.200. The molecule has 0 fully saturated rings. The van der Waals surface area contributed by atoms with Gasteiger partial charge in [0, 0.05) is 11.6 Å². The molecule has 0 aliphatic rings. The van der Waals surface area contributed by atoms with Gasteiger partial charge in [0.15, 0.2) is 0 Å². The van der Waals surface area contributed by atoms with Crippen LogP contribution in [0.5, 0.6) is 0 Å². The highest BCUT2D eigenvalue weighted by atomic mass is 35.5. The van der Waals surface area contributed by atoms with Gasteiger partial charge in [0.1, 0.15) is 0 Å². The average Bonchev–Trinajstić information content (AvgIpc) is 2.46. The monoisotopic (exact) mass is 325 g/mol. The Bertz CT molecular complexity index is 744. The molecule has 0 aromatic heterocycles. The van der Waals surface area contributed by atoms with E-state index in [1.165, 1.54) is 6.07 Å². The second kappa shape index (κ2) is 6.58. The third-order valence-electron chi connectivity index (χ3n) is 3.27. The van der Waals surface area contributed by atoms with Gasteiger partial charge in [-0.05, 0) is 35.7 Å². The lowest BCUT2D eigenvalue weighted by atomic mass is 10.1. The van der Waals surface area contributed by atoms with E-state index >= 15 is 0 Å². The van der Waals surface area contributed by atoms with Crippen molar-refractivity contribution in [3.05, 3.63) is 64.2 Å². The predicted molar refractivity (Wildman–Crippen MR) is 82.6 cm³/mol. The van der Waals surface area contributed by atoms with Crippen molar-refractivity contribution in [2.75, 3.05) is 0 Å². The number of sulfonamides is 1. The quantitative estimate of drug-likeness (QED) is 0.888. The molecule has 2 N–H and O–H groups in total. The van der Waals surface area contributed by atoms with Crippen molar-refractivity contribution in [2.45, 2.75) is 25.0 Å². The summed E-state index contributed by atoms with van der Waals surface area (Å²) in [5, 5.41) is 9.74. The maximum absolute atomic E-state index is 12.4. The Morgan fingerprint density at radius 3 is 2.43 bits per heavy atom. The van der Waals surface area contributed by atoms with Crippen LogP contribution in [0.15, 0.2) is 47.4 Å². The molecule has 4 nitrogen and oxygen atoms in total. The zero-order valence-corrected chi connectivity index (χ0v) is 13.1. The Kier molecular flexibility index (Phi) is 5.00. The number of rotatable bonds is 5. The molecule has 0 unspecified atom stereocenters. The molecule has 0 aliphatic carbocycles. The van der Waals surface area contributed by atoms with Gasteiger partial charge in [-0.25, -0.2) is 13.1 Å². The fourth-order valence-corrected chi connectivity index (χ4v) is 3.51. The molecule has 112 valence electrons. The van der Waals surface area contributed by atoms with Crippen molar-refractivity contribution >= 4 is 21.6 Å². The minimum Gasteiger partial charge on any atom is -0.392 e. The van der Waals surface area contributed by atoms with Crippen molar-refractivity contribution in [3.63, 3.8) is 0 Å². The molecule has 0 aliphatic heterocycles. The van der Waals surface area contributed by atoms with E-state index < -0.39 is 10.0 Å². The van der Waals surface area contributed by atoms with Crippen molar-refractivity contribution in [2.24, 2.45) is 0 Å². The molecule has 21 heavy (non-hydrogen) atoms. The Balaban J connectivity index is 2.26. The lowest BCUT2D eigenvalue weighted by Crippen LogP contribution is -2.24. The van der Waals surface area contributed by atoms with Gasteiger partial charge < -0.3 is 5.11 Å². The minimum atomic E-state index is -3.66. The van der Waals surface area contributed by atoms with Gasteiger partial charge >= 0.3 is 0 Å². The summed E-state index contributed by atoms with van der Waals surface area (Å²) in [6.07, 6.45) is 0. The van der Waals surface area contributed by atoms with Crippen molar-refractivity contribution in [1.29, 1.82) is 0 Å². The van der Waals surface area contributed by atoms with Crippen LogP contribution in [-0.2, 0) is 23.2 Å². The van der Waals surface area contributed by atoms with E-state index in [0.29, 0.717) is 21.7 Å². The Morgan fingerprint density at radius 2 is 1.76 bits per heavy atom. The molecule has 0 spiro atoms. The maximum atomic E-state index is 12.4. The third-order valence-corrected chi connectivity index (χ3v) is 5.18. The number of nitrogens with one attached hydrogen (secondary N) is 1. The standard InChI is InChI=1S/C15H16ClNO3S/c1-11-13(10-18)6-4-8-15(11)21(19,20)17-9-12-5-2-3-7-14(12)16/h2-8,17-18H,9-10H2,1H3. The third kappa shape index (κ3) is 3.63. The first-order chi connectivity index (χ1) is 9.95. The summed E-state index contributed by atoms with van der Waals surface area (Å²) < 4.78 is 27.3. The Labute approximate surface area is 129 Å².